The molecule has 0 radical (unpaired) electrons. The van der Waals surface area contributed by atoms with Crippen LogP contribution in [0.5, 0.6) is 0 Å². The van der Waals surface area contributed by atoms with Gasteiger partial charge in [-0.1, -0.05) is 83.1 Å². The number of rotatable bonds is 3. The lowest BCUT2D eigenvalue weighted by Crippen LogP contribution is -2.51. The van der Waals surface area contributed by atoms with E-state index in [1.807, 2.05) is 0 Å². The van der Waals surface area contributed by atoms with E-state index < -0.39 is 0 Å². The van der Waals surface area contributed by atoms with Crippen LogP contribution in [0.25, 0.3) is 0 Å². The predicted molar refractivity (Wildman–Crippen MR) is 130 cm³/mol. The van der Waals surface area contributed by atoms with Crippen molar-refractivity contribution in [1.82, 2.24) is 21.3 Å². The fourth-order valence-electron chi connectivity index (χ4n) is 4.33. The Morgan fingerprint density at radius 2 is 1.17 bits per heavy atom. The van der Waals surface area contributed by atoms with E-state index in [9.17, 15) is 0 Å². The third-order valence-electron chi connectivity index (χ3n) is 6.15. The zero-order valence-electron chi connectivity index (χ0n) is 21.6. The average Bonchev–Trinajstić information content (AvgIpc) is 3.14. The van der Waals surface area contributed by atoms with Gasteiger partial charge >= 0.3 is 0 Å². The van der Waals surface area contributed by atoms with E-state index in [1.165, 1.54) is 0 Å². The van der Waals surface area contributed by atoms with Crippen LogP contribution >= 0.6 is 0 Å². The van der Waals surface area contributed by atoms with Gasteiger partial charge in [0.05, 0.1) is 30.7 Å². The lowest BCUT2D eigenvalue weighted by atomic mass is 9.74. The molecule has 1 fully saturated rings. The van der Waals surface area contributed by atoms with Gasteiger partial charge in [0.2, 0.25) is 0 Å². The molecule has 0 bridgehead atoms. The molecule has 2 aliphatic rings. The van der Waals surface area contributed by atoms with Gasteiger partial charge in [0.25, 0.3) is 0 Å². The van der Waals surface area contributed by atoms with E-state index in [2.05, 4.69) is 104 Å². The fraction of sp³-hybridized carbons (Fsp3) is 0.917. The van der Waals surface area contributed by atoms with Gasteiger partial charge in [-0.15, -0.1) is 0 Å². The summed E-state index contributed by atoms with van der Waals surface area (Å²) in [6.45, 7) is 28.8. The number of nitrogens with one attached hydrogen (secondary N) is 4. The van der Waals surface area contributed by atoms with Crippen LogP contribution in [0.2, 0.25) is 0 Å². The second-order valence-electron chi connectivity index (χ2n) is 13.4. The van der Waals surface area contributed by atoms with Crippen molar-refractivity contribution in [2.45, 2.75) is 107 Å². The molecule has 2 heterocycles. The number of guanidine groups is 2. The highest BCUT2D eigenvalue weighted by Crippen LogP contribution is 2.36. The molecule has 30 heavy (non-hydrogen) atoms. The van der Waals surface area contributed by atoms with Crippen molar-refractivity contribution in [2.75, 3.05) is 13.1 Å². The van der Waals surface area contributed by atoms with E-state index in [0.29, 0.717) is 24.7 Å². The van der Waals surface area contributed by atoms with E-state index in [4.69, 9.17) is 9.98 Å². The molecule has 2 rings (SSSR count). The molecule has 0 aromatic rings. The van der Waals surface area contributed by atoms with E-state index in [1.54, 1.807) is 0 Å². The molecule has 0 saturated carbocycles. The van der Waals surface area contributed by atoms with Crippen molar-refractivity contribution in [3.63, 3.8) is 0 Å². The number of nitrogens with zero attached hydrogens (tertiary/aromatic N) is 2. The molecule has 0 aromatic carbocycles. The van der Waals surface area contributed by atoms with Crippen LogP contribution in [0.3, 0.4) is 0 Å². The van der Waals surface area contributed by atoms with Gasteiger partial charge in [0, 0.05) is 6.54 Å². The summed E-state index contributed by atoms with van der Waals surface area (Å²) in [5.74, 6) is 1.82. The van der Waals surface area contributed by atoms with Crippen LogP contribution in [0.1, 0.15) is 83.1 Å². The van der Waals surface area contributed by atoms with Gasteiger partial charge in [-0.05, 0) is 21.7 Å². The summed E-state index contributed by atoms with van der Waals surface area (Å²) in [6, 6.07) is 1.28. The molecule has 4 N–H and O–H groups in total. The number of hydrogen-bond donors (Lipinski definition) is 4. The van der Waals surface area contributed by atoms with Gasteiger partial charge < -0.3 is 21.3 Å². The van der Waals surface area contributed by atoms with Crippen molar-refractivity contribution in [3.05, 3.63) is 0 Å². The third-order valence-corrected chi connectivity index (χ3v) is 6.15. The Bertz CT molecular complexity index is 627. The minimum Gasteiger partial charge on any atom is -0.355 e. The quantitative estimate of drug-likeness (QED) is 0.525. The molecule has 0 aliphatic carbocycles. The number of aliphatic imine (C=N–C) groups is 2. The molecule has 6 heteroatoms. The molecule has 6 nitrogen and oxygen atoms in total. The zero-order valence-corrected chi connectivity index (χ0v) is 21.6. The first-order valence-corrected chi connectivity index (χ1v) is 11.6. The van der Waals surface area contributed by atoms with E-state index in [-0.39, 0.29) is 27.7 Å². The molecule has 0 unspecified atom stereocenters. The van der Waals surface area contributed by atoms with Crippen LogP contribution in [0.15, 0.2) is 9.98 Å². The Morgan fingerprint density at radius 1 is 0.700 bits per heavy atom. The third kappa shape index (κ3) is 6.04. The lowest BCUT2D eigenvalue weighted by molar-refractivity contribution is 0.184. The smallest absolute Gasteiger partial charge is 0.192 e. The second-order valence-corrected chi connectivity index (χ2v) is 13.4. The predicted octanol–water partition coefficient (Wildman–Crippen LogP) is 3.74. The summed E-state index contributed by atoms with van der Waals surface area (Å²) in [7, 11) is 0. The Kier molecular flexibility index (Phi) is 6.81. The first-order chi connectivity index (χ1) is 13.4. The zero-order chi connectivity index (χ0) is 23.1. The summed E-state index contributed by atoms with van der Waals surface area (Å²) in [4.78, 5) is 9.78. The summed E-state index contributed by atoms with van der Waals surface area (Å²) >= 11 is 0. The lowest BCUT2D eigenvalue weighted by Gasteiger charge is -2.38. The topological polar surface area (TPSA) is 72.8 Å². The average molecular weight is 421 g/mol. The molecule has 4 atom stereocenters. The molecule has 2 aliphatic heterocycles. The van der Waals surface area contributed by atoms with Crippen LogP contribution < -0.4 is 21.3 Å². The van der Waals surface area contributed by atoms with Crippen molar-refractivity contribution < 1.29 is 0 Å². The fourth-order valence-corrected chi connectivity index (χ4v) is 4.33. The highest BCUT2D eigenvalue weighted by molar-refractivity contribution is 5.84. The molecule has 1 saturated heterocycles. The summed E-state index contributed by atoms with van der Waals surface area (Å²) in [5, 5.41) is 14.4. The molecular weight excluding hydrogens is 372 g/mol. The van der Waals surface area contributed by atoms with Crippen LogP contribution in [0.4, 0.5) is 0 Å². The van der Waals surface area contributed by atoms with Crippen molar-refractivity contribution in [2.24, 2.45) is 31.6 Å². The normalized spacial score (nSPS) is 27.9. The maximum absolute atomic E-state index is 4.98. The van der Waals surface area contributed by atoms with Gasteiger partial charge in [-0.25, -0.2) is 4.99 Å². The highest BCUT2D eigenvalue weighted by Gasteiger charge is 2.44. The minimum atomic E-state index is 0.121. The highest BCUT2D eigenvalue weighted by atomic mass is 15.3. The van der Waals surface area contributed by atoms with Crippen LogP contribution in [-0.2, 0) is 0 Å². The maximum atomic E-state index is 4.98. The second kappa shape index (κ2) is 8.23. The summed E-state index contributed by atoms with van der Waals surface area (Å²) < 4.78 is 0. The van der Waals surface area contributed by atoms with Crippen LogP contribution in [0, 0.1) is 21.7 Å². The largest absolute Gasteiger partial charge is 0.355 e. The maximum Gasteiger partial charge on any atom is 0.192 e. The van der Waals surface area contributed by atoms with Gasteiger partial charge in [0.15, 0.2) is 11.9 Å². The van der Waals surface area contributed by atoms with Gasteiger partial charge in [-0.2, -0.15) is 0 Å². The Labute approximate surface area is 185 Å². The molecule has 174 valence electrons. The summed E-state index contributed by atoms with van der Waals surface area (Å²) in [6.07, 6.45) is 0. The molecule has 0 spiro atoms. The first-order valence-electron chi connectivity index (χ1n) is 11.6. The minimum absolute atomic E-state index is 0.121. The van der Waals surface area contributed by atoms with Gasteiger partial charge in [0.1, 0.15) is 0 Å². The Balaban J connectivity index is 1.97. The van der Waals surface area contributed by atoms with Crippen molar-refractivity contribution in [3.8, 4) is 0 Å². The Hall–Kier alpha value is -1.46. The standard InChI is InChI=1S/C24H48N6/c1-21(2,3)15-16(22(4,5)6)28-19(27-15)25-13-14-26-20-29-17(23(7,8)9)18(30-20)24(10,11)12/h15-18H,13-14H2,1-12H3,(H2,25,27,28)(H2,26,29,30)/t15-,16-,17-,18-/m0/s1. The van der Waals surface area contributed by atoms with Crippen LogP contribution in [-0.4, -0.2) is 49.2 Å². The molecule has 0 amide bonds. The van der Waals surface area contributed by atoms with Gasteiger partial charge in [-0.3, -0.25) is 4.99 Å². The van der Waals surface area contributed by atoms with Crippen molar-refractivity contribution >= 4 is 11.9 Å². The monoisotopic (exact) mass is 420 g/mol. The molecule has 0 aromatic heterocycles. The summed E-state index contributed by atoms with van der Waals surface area (Å²) in [5.41, 5.74) is 0.586. The number of hydrogen-bond acceptors (Lipinski definition) is 4. The SMILES string of the molecule is CC(C)(C)[C@H]1N=C(NCCN=C2N[C@H](C(C)(C)C)[C@@H](C(C)(C)C)N2)N[C@@H]1C(C)(C)C. The Morgan fingerprint density at radius 3 is 1.53 bits per heavy atom. The first kappa shape index (κ1) is 24.8. The molecular formula is C24H48N6. The van der Waals surface area contributed by atoms with E-state index in [0.717, 1.165) is 18.5 Å². The van der Waals surface area contributed by atoms with E-state index >= 15 is 0 Å². The van der Waals surface area contributed by atoms with Crippen molar-refractivity contribution in [1.29, 1.82) is 0 Å².